The summed E-state index contributed by atoms with van der Waals surface area (Å²) in [6, 6.07) is 4.66. The number of hydrogen-bond acceptors (Lipinski definition) is 4. The van der Waals surface area contributed by atoms with E-state index in [0.29, 0.717) is 17.7 Å². The van der Waals surface area contributed by atoms with Crippen molar-refractivity contribution in [1.82, 2.24) is 5.32 Å². The zero-order valence-electron chi connectivity index (χ0n) is 12.3. The van der Waals surface area contributed by atoms with E-state index in [0.717, 1.165) is 0 Å². The molecule has 0 aliphatic rings. The number of benzene rings is 1. The van der Waals surface area contributed by atoms with Gasteiger partial charge in [0.1, 0.15) is 0 Å². The second kappa shape index (κ2) is 7.42. The molecule has 2 N–H and O–H groups in total. The van der Waals surface area contributed by atoms with Crippen LogP contribution in [0.1, 0.15) is 37.6 Å². The number of nitrogens with one attached hydrogen (secondary N) is 2. The van der Waals surface area contributed by atoms with Gasteiger partial charge in [0, 0.05) is 11.3 Å². The molecule has 0 aliphatic heterocycles. The molecular formula is C15H19N2O4-. The molecule has 0 saturated heterocycles. The fourth-order valence-corrected chi connectivity index (χ4v) is 1.80. The summed E-state index contributed by atoms with van der Waals surface area (Å²) in [5.74, 6) is -1.27. The predicted octanol–water partition coefficient (Wildman–Crippen LogP) is 1.18. The van der Waals surface area contributed by atoms with Gasteiger partial charge in [-0.3, -0.25) is 4.79 Å². The minimum absolute atomic E-state index is 0.0695. The second-order valence-electron chi connectivity index (χ2n) is 5.23. The van der Waals surface area contributed by atoms with E-state index in [1.54, 1.807) is 24.3 Å². The third-order valence-corrected chi connectivity index (χ3v) is 2.85. The number of rotatable bonds is 6. The number of anilines is 1. The Bertz CT molecular complexity index is 523. The molecule has 114 valence electrons. The van der Waals surface area contributed by atoms with Crippen LogP contribution in [0.4, 0.5) is 10.5 Å². The van der Waals surface area contributed by atoms with Crippen LogP contribution in [0.15, 0.2) is 24.3 Å². The molecule has 0 saturated carbocycles. The average Bonchev–Trinajstić information content (AvgIpc) is 2.37. The van der Waals surface area contributed by atoms with Gasteiger partial charge in [0.2, 0.25) is 0 Å². The molecule has 0 radical (unpaired) electrons. The van der Waals surface area contributed by atoms with Gasteiger partial charge in [-0.2, -0.15) is 0 Å². The SMILES string of the molecule is CC(=O)c1ccc(NC(=O)N[C@@H](CC(C)C)C(=O)[O-])cc1. The van der Waals surface area contributed by atoms with Crippen molar-refractivity contribution in [3.05, 3.63) is 29.8 Å². The Morgan fingerprint density at radius 2 is 1.71 bits per heavy atom. The quantitative estimate of drug-likeness (QED) is 0.769. The van der Waals surface area contributed by atoms with Gasteiger partial charge >= 0.3 is 6.03 Å². The highest BCUT2D eigenvalue weighted by Gasteiger charge is 2.15. The van der Waals surface area contributed by atoms with Crippen molar-refractivity contribution >= 4 is 23.5 Å². The van der Waals surface area contributed by atoms with Crippen LogP contribution in [0.25, 0.3) is 0 Å². The molecule has 1 aromatic rings. The Morgan fingerprint density at radius 1 is 1.14 bits per heavy atom. The lowest BCUT2D eigenvalue weighted by molar-refractivity contribution is -0.308. The van der Waals surface area contributed by atoms with Crippen molar-refractivity contribution in [1.29, 1.82) is 0 Å². The highest BCUT2D eigenvalue weighted by Crippen LogP contribution is 2.10. The van der Waals surface area contributed by atoms with E-state index in [2.05, 4.69) is 10.6 Å². The summed E-state index contributed by atoms with van der Waals surface area (Å²) in [5.41, 5.74) is 1.01. The van der Waals surface area contributed by atoms with Crippen LogP contribution in [0, 0.1) is 5.92 Å². The van der Waals surface area contributed by atoms with E-state index in [1.807, 2.05) is 13.8 Å². The molecule has 0 heterocycles. The lowest BCUT2D eigenvalue weighted by Crippen LogP contribution is -2.49. The van der Waals surface area contributed by atoms with E-state index >= 15 is 0 Å². The smallest absolute Gasteiger partial charge is 0.319 e. The lowest BCUT2D eigenvalue weighted by atomic mass is 10.0. The number of urea groups is 1. The van der Waals surface area contributed by atoms with Crippen LogP contribution in [-0.4, -0.2) is 23.8 Å². The summed E-state index contributed by atoms with van der Waals surface area (Å²) < 4.78 is 0. The maximum atomic E-state index is 11.7. The van der Waals surface area contributed by atoms with Gasteiger partial charge < -0.3 is 20.5 Å². The topological polar surface area (TPSA) is 98.3 Å². The number of carboxylic acids is 1. The molecule has 0 fully saturated rings. The molecule has 6 nitrogen and oxygen atoms in total. The van der Waals surface area contributed by atoms with Crippen molar-refractivity contribution in [3.8, 4) is 0 Å². The maximum Gasteiger partial charge on any atom is 0.319 e. The lowest BCUT2D eigenvalue weighted by Gasteiger charge is -2.21. The highest BCUT2D eigenvalue weighted by atomic mass is 16.4. The highest BCUT2D eigenvalue weighted by molar-refractivity contribution is 5.95. The summed E-state index contributed by atoms with van der Waals surface area (Å²) in [4.78, 5) is 33.8. The third kappa shape index (κ3) is 5.64. The fourth-order valence-electron chi connectivity index (χ4n) is 1.80. The molecule has 0 aliphatic carbocycles. The summed E-state index contributed by atoms with van der Waals surface area (Å²) in [5, 5.41) is 15.8. The number of ketones is 1. The van der Waals surface area contributed by atoms with E-state index in [-0.39, 0.29) is 11.7 Å². The summed E-state index contributed by atoms with van der Waals surface area (Å²) in [6.45, 7) is 5.16. The Kier molecular flexibility index (Phi) is 5.90. The molecule has 1 aromatic carbocycles. The average molecular weight is 291 g/mol. The number of carbonyl (C=O) groups is 3. The normalized spacial score (nSPS) is 11.8. The van der Waals surface area contributed by atoms with Gasteiger partial charge in [-0.1, -0.05) is 13.8 Å². The van der Waals surface area contributed by atoms with E-state index < -0.39 is 18.0 Å². The molecule has 0 unspecified atom stereocenters. The van der Waals surface area contributed by atoms with Crippen molar-refractivity contribution < 1.29 is 19.5 Å². The molecule has 2 amide bonds. The molecule has 1 rings (SSSR count). The zero-order chi connectivity index (χ0) is 16.0. The summed E-state index contributed by atoms with van der Waals surface area (Å²) in [7, 11) is 0. The van der Waals surface area contributed by atoms with Gasteiger partial charge in [-0.15, -0.1) is 0 Å². The number of carbonyl (C=O) groups excluding carboxylic acids is 3. The van der Waals surface area contributed by atoms with Crippen LogP contribution >= 0.6 is 0 Å². The van der Waals surface area contributed by atoms with Gasteiger partial charge in [-0.05, 0) is 43.5 Å². The number of amides is 2. The van der Waals surface area contributed by atoms with E-state index in [4.69, 9.17) is 0 Å². The molecule has 1 atom stereocenters. The Labute approximate surface area is 123 Å². The third-order valence-electron chi connectivity index (χ3n) is 2.85. The van der Waals surface area contributed by atoms with Crippen molar-refractivity contribution in [2.75, 3.05) is 5.32 Å². The van der Waals surface area contributed by atoms with E-state index in [9.17, 15) is 19.5 Å². The first-order chi connectivity index (χ1) is 9.79. The molecule has 21 heavy (non-hydrogen) atoms. The first kappa shape index (κ1) is 16.7. The predicted molar refractivity (Wildman–Crippen MR) is 76.9 cm³/mol. The monoisotopic (exact) mass is 291 g/mol. The summed E-state index contributed by atoms with van der Waals surface area (Å²) in [6.07, 6.45) is 0.291. The van der Waals surface area contributed by atoms with E-state index in [1.165, 1.54) is 6.92 Å². The second-order valence-corrected chi connectivity index (χ2v) is 5.23. The molecule has 0 bridgehead atoms. The van der Waals surface area contributed by atoms with Crippen molar-refractivity contribution in [2.45, 2.75) is 33.2 Å². The minimum Gasteiger partial charge on any atom is -0.548 e. The van der Waals surface area contributed by atoms with Crippen LogP contribution in [0.5, 0.6) is 0 Å². The van der Waals surface area contributed by atoms with Crippen LogP contribution in [0.3, 0.4) is 0 Å². The first-order valence-corrected chi connectivity index (χ1v) is 6.69. The maximum absolute atomic E-state index is 11.7. The van der Waals surface area contributed by atoms with Crippen LogP contribution in [-0.2, 0) is 4.79 Å². The van der Waals surface area contributed by atoms with Gasteiger partial charge in [-0.25, -0.2) is 4.79 Å². The van der Waals surface area contributed by atoms with Crippen LogP contribution in [0.2, 0.25) is 0 Å². The first-order valence-electron chi connectivity index (χ1n) is 6.69. The fraction of sp³-hybridized carbons (Fsp3) is 0.400. The standard InChI is InChI=1S/C15H20N2O4/c1-9(2)8-13(14(19)20)17-15(21)16-12-6-4-11(5-7-12)10(3)18/h4-7,9,13H,8H2,1-3H3,(H,19,20)(H2,16,17,21)/p-1/t13-/m0/s1. The Hall–Kier alpha value is -2.37. The zero-order valence-corrected chi connectivity index (χ0v) is 12.3. The number of hydrogen-bond donors (Lipinski definition) is 2. The van der Waals surface area contributed by atoms with Gasteiger partial charge in [0.25, 0.3) is 0 Å². The van der Waals surface area contributed by atoms with Gasteiger partial charge in [0.05, 0.1) is 12.0 Å². The van der Waals surface area contributed by atoms with Crippen molar-refractivity contribution in [3.63, 3.8) is 0 Å². The van der Waals surface area contributed by atoms with Crippen molar-refractivity contribution in [2.24, 2.45) is 5.92 Å². The van der Waals surface area contributed by atoms with Gasteiger partial charge in [0.15, 0.2) is 5.78 Å². The molecular weight excluding hydrogens is 272 g/mol. The largest absolute Gasteiger partial charge is 0.548 e. The molecule has 6 heteroatoms. The van der Waals surface area contributed by atoms with Crippen LogP contribution < -0.4 is 15.7 Å². The number of Topliss-reactive ketones (excluding diaryl/α,β-unsaturated/α-hetero) is 1. The Balaban J connectivity index is 2.63. The molecule has 0 spiro atoms. The minimum atomic E-state index is -1.31. The summed E-state index contributed by atoms with van der Waals surface area (Å²) >= 11 is 0. The molecule has 0 aromatic heterocycles. The Morgan fingerprint density at radius 3 is 2.14 bits per heavy atom. The number of aliphatic carboxylic acids is 1. The number of carboxylic acid groups (broad SMARTS) is 1.